The molecule has 12 heteroatoms. The van der Waals surface area contributed by atoms with E-state index in [2.05, 4.69) is 15.3 Å². The number of halogens is 2. The molecule has 5 rings (SSSR count). The predicted octanol–water partition coefficient (Wildman–Crippen LogP) is 4.00. The van der Waals surface area contributed by atoms with Gasteiger partial charge in [0, 0.05) is 31.7 Å². The van der Waals surface area contributed by atoms with Crippen molar-refractivity contribution in [3.63, 3.8) is 0 Å². The quantitative estimate of drug-likeness (QED) is 0.391. The molecule has 1 amide bonds. The van der Waals surface area contributed by atoms with Crippen molar-refractivity contribution in [3.05, 3.63) is 81.5 Å². The number of amidine groups is 1. The molecule has 0 radical (unpaired) electrons. The van der Waals surface area contributed by atoms with E-state index in [1.165, 1.54) is 22.7 Å². The molecular formula is C26H27Cl2N5O4S. The lowest BCUT2D eigenvalue weighted by Crippen LogP contribution is -2.33. The van der Waals surface area contributed by atoms with E-state index in [1.807, 2.05) is 24.3 Å². The molecule has 1 saturated carbocycles. The highest BCUT2D eigenvalue weighted by Crippen LogP contribution is 2.38. The Morgan fingerprint density at radius 1 is 1.13 bits per heavy atom. The van der Waals surface area contributed by atoms with Crippen molar-refractivity contribution in [2.24, 2.45) is 4.99 Å². The van der Waals surface area contributed by atoms with Crippen LogP contribution in [-0.4, -0.2) is 67.1 Å². The van der Waals surface area contributed by atoms with E-state index in [0.717, 1.165) is 30.1 Å². The number of nitrogens with one attached hydrogen (secondary N) is 1. The van der Waals surface area contributed by atoms with Crippen molar-refractivity contribution in [2.75, 3.05) is 26.7 Å². The number of rotatable bonds is 10. The van der Waals surface area contributed by atoms with Gasteiger partial charge in [-0.3, -0.25) is 9.79 Å². The third-order valence-corrected chi connectivity index (χ3v) is 9.34. The van der Waals surface area contributed by atoms with Crippen LogP contribution in [0.3, 0.4) is 0 Å². The van der Waals surface area contributed by atoms with Gasteiger partial charge in [-0.05, 0) is 37.0 Å². The Kier molecular flexibility index (Phi) is 7.76. The Hall–Kier alpha value is -2.92. The molecule has 0 unspecified atom stereocenters. The Labute approximate surface area is 231 Å². The number of amides is 1. The zero-order valence-corrected chi connectivity index (χ0v) is 23.1. The van der Waals surface area contributed by atoms with Crippen molar-refractivity contribution >= 4 is 45.0 Å². The number of likely N-dealkylation sites (N-methyl/N-ethyl adjacent to an activating group) is 1. The van der Waals surface area contributed by atoms with E-state index in [9.17, 15) is 13.2 Å². The fraction of sp³-hybridized carbons (Fsp3) is 0.346. The van der Waals surface area contributed by atoms with Crippen molar-refractivity contribution in [1.82, 2.24) is 19.5 Å². The molecule has 9 nitrogen and oxygen atoms in total. The molecule has 1 N–H and O–H groups in total. The van der Waals surface area contributed by atoms with Gasteiger partial charge in [0.2, 0.25) is 15.9 Å². The van der Waals surface area contributed by atoms with Gasteiger partial charge in [0.05, 0.1) is 23.1 Å². The standard InChI is InChI=1S/C26H27Cl2N5O4S/c1-32(14-11-17-5-7-18(8-6-17)25-29-12-13-30-25)26(34)22-16-37-23(31-22)15-33(19-9-10-19)38(35,36)24-20(27)3-2-4-21(24)28/h2-8,16,19H,9-15H2,1H3,(H,29,30). The fourth-order valence-corrected chi connectivity index (χ4v) is 6.98. The normalized spacial score (nSPS) is 15.4. The van der Waals surface area contributed by atoms with Crippen LogP contribution in [0, 0.1) is 0 Å². The van der Waals surface area contributed by atoms with Crippen LogP contribution in [0.5, 0.6) is 0 Å². The van der Waals surface area contributed by atoms with E-state index in [0.29, 0.717) is 25.8 Å². The van der Waals surface area contributed by atoms with Crippen molar-refractivity contribution < 1.29 is 17.6 Å². The molecule has 0 saturated heterocycles. The van der Waals surface area contributed by atoms with Crippen LogP contribution in [0.4, 0.5) is 0 Å². The summed E-state index contributed by atoms with van der Waals surface area (Å²) in [5.74, 6) is 0.726. The first-order valence-electron chi connectivity index (χ1n) is 12.3. The van der Waals surface area contributed by atoms with Crippen LogP contribution >= 0.6 is 23.2 Å². The molecule has 0 bridgehead atoms. The first kappa shape index (κ1) is 26.7. The third kappa shape index (κ3) is 5.73. The summed E-state index contributed by atoms with van der Waals surface area (Å²) in [6, 6.07) is 12.5. The Morgan fingerprint density at radius 3 is 2.47 bits per heavy atom. The molecule has 0 atom stereocenters. The molecule has 38 heavy (non-hydrogen) atoms. The topological polar surface area (TPSA) is 108 Å². The predicted molar refractivity (Wildman–Crippen MR) is 145 cm³/mol. The van der Waals surface area contributed by atoms with Gasteiger partial charge in [-0.15, -0.1) is 0 Å². The zero-order valence-electron chi connectivity index (χ0n) is 20.7. The molecule has 1 aliphatic heterocycles. The number of aromatic nitrogens is 1. The second-order valence-electron chi connectivity index (χ2n) is 9.29. The Bertz CT molecular complexity index is 1450. The highest BCUT2D eigenvalue weighted by molar-refractivity contribution is 7.89. The van der Waals surface area contributed by atoms with Gasteiger partial charge in [0.25, 0.3) is 5.91 Å². The summed E-state index contributed by atoms with van der Waals surface area (Å²) in [4.78, 5) is 23.1. The summed E-state index contributed by atoms with van der Waals surface area (Å²) in [5.41, 5.74) is 2.26. The molecular weight excluding hydrogens is 549 g/mol. The van der Waals surface area contributed by atoms with Crippen molar-refractivity contribution in [2.45, 2.75) is 36.7 Å². The number of benzene rings is 2. The summed E-state index contributed by atoms with van der Waals surface area (Å²) in [7, 11) is -2.31. The minimum atomic E-state index is -4.01. The smallest absolute Gasteiger partial charge is 0.275 e. The van der Waals surface area contributed by atoms with Gasteiger partial charge in [-0.25, -0.2) is 13.4 Å². The average Bonchev–Trinajstić information content (AvgIpc) is 3.37. The van der Waals surface area contributed by atoms with Gasteiger partial charge in [-0.2, -0.15) is 4.31 Å². The molecule has 200 valence electrons. The molecule has 1 fully saturated rings. The Balaban J connectivity index is 1.23. The second kappa shape index (κ2) is 11.1. The lowest BCUT2D eigenvalue weighted by atomic mass is 10.1. The van der Waals surface area contributed by atoms with E-state index >= 15 is 0 Å². The third-order valence-electron chi connectivity index (χ3n) is 6.49. The number of carbonyl (C=O) groups excluding carboxylic acids is 1. The number of aliphatic imine (C=N–C) groups is 1. The molecule has 0 spiro atoms. The van der Waals surface area contributed by atoms with Crippen LogP contribution in [0.25, 0.3) is 0 Å². The minimum absolute atomic E-state index is 0.0478. The molecule has 1 aliphatic carbocycles. The largest absolute Gasteiger partial charge is 0.447 e. The lowest BCUT2D eigenvalue weighted by Gasteiger charge is -2.21. The maximum Gasteiger partial charge on any atom is 0.275 e. The van der Waals surface area contributed by atoms with Gasteiger partial charge in [0.15, 0.2) is 5.69 Å². The number of oxazole rings is 1. The van der Waals surface area contributed by atoms with Crippen molar-refractivity contribution in [1.29, 1.82) is 0 Å². The van der Waals surface area contributed by atoms with Crippen LogP contribution in [-0.2, 0) is 23.0 Å². The van der Waals surface area contributed by atoms with E-state index in [4.69, 9.17) is 27.6 Å². The maximum absolute atomic E-state index is 13.4. The summed E-state index contributed by atoms with van der Waals surface area (Å²) in [6.07, 6.45) is 3.35. The van der Waals surface area contributed by atoms with Crippen molar-refractivity contribution in [3.8, 4) is 0 Å². The average molecular weight is 577 g/mol. The first-order chi connectivity index (χ1) is 18.2. The summed E-state index contributed by atoms with van der Waals surface area (Å²) < 4.78 is 33.7. The minimum Gasteiger partial charge on any atom is -0.447 e. The van der Waals surface area contributed by atoms with E-state index in [1.54, 1.807) is 18.0 Å². The molecule has 2 aromatic carbocycles. The Morgan fingerprint density at radius 2 is 1.84 bits per heavy atom. The van der Waals surface area contributed by atoms with Crippen LogP contribution in [0.15, 0.2) is 63.0 Å². The zero-order chi connectivity index (χ0) is 26.9. The fourth-order valence-electron chi connectivity index (χ4n) is 4.25. The lowest BCUT2D eigenvalue weighted by molar-refractivity contribution is 0.0790. The first-order valence-corrected chi connectivity index (χ1v) is 14.5. The highest BCUT2D eigenvalue weighted by atomic mass is 35.5. The highest BCUT2D eigenvalue weighted by Gasteiger charge is 2.41. The van der Waals surface area contributed by atoms with Crippen LogP contribution < -0.4 is 5.32 Å². The van der Waals surface area contributed by atoms with Crippen LogP contribution in [0.2, 0.25) is 10.0 Å². The summed E-state index contributed by atoms with van der Waals surface area (Å²) in [5, 5.41) is 3.35. The van der Waals surface area contributed by atoms with E-state index < -0.39 is 10.0 Å². The summed E-state index contributed by atoms with van der Waals surface area (Å²) in [6.45, 7) is 2.00. The van der Waals surface area contributed by atoms with Gasteiger partial charge in [-0.1, -0.05) is 53.5 Å². The van der Waals surface area contributed by atoms with Crippen LogP contribution in [0.1, 0.15) is 40.3 Å². The number of hydrogen-bond donors (Lipinski definition) is 1. The SMILES string of the molecule is CN(CCc1ccc(C2=NCCN2)cc1)C(=O)c1coc(CN(C2CC2)S(=O)(=O)c2c(Cl)cccc2Cl)n1. The molecule has 3 aromatic rings. The molecule has 2 heterocycles. The molecule has 2 aliphatic rings. The van der Waals surface area contributed by atoms with E-state index in [-0.39, 0.29) is 45.0 Å². The van der Waals surface area contributed by atoms with Gasteiger partial charge >= 0.3 is 0 Å². The number of hydrogen-bond acceptors (Lipinski definition) is 7. The number of carbonyl (C=O) groups is 1. The monoisotopic (exact) mass is 575 g/mol. The number of nitrogens with zero attached hydrogens (tertiary/aromatic N) is 4. The summed E-state index contributed by atoms with van der Waals surface area (Å²) >= 11 is 12.4. The second-order valence-corrected chi connectivity index (χ2v) is 11.9. The maximum atomic E-state index is 13.4. The van der Waals surface area contributed by atoms with Gasteiger partial charge in [0.1, 0.15) is 17.0 Å². The van der Waals surface area contributed by atoms with Gasteiger partial charge < -0.3 is 14.6 Å². The number of sulfonamides is 1. The molecule has 1 aromatic heterocycles.